The van der Waals surface area contributed by atoms with Gasteiger partial charge in [0, 0.05) is 9.75 Å². The summed E-state index contributed by atoms with van der Waals surface area (Å²) in [4.78, 5) is 2.45. The van der Waals surface area contributed by atoms with Crippen molar-refractivity contribution >= 4 is 11.3 Å². The Morgan fingerprint density at radius 3 is 2.50 bits per heavy atom. The van der Waals surface area contributed by atoms with E-state index in [1.54, 1.807) is 11.3 Å². The van der Waals surface area contributed by atoms with Crippen molar-refractivity contribution in [3.8, 4) is 0 Å². The highest BCUT2D eigenvalue weighted by atomic mass is 32.1. The second kappa shape index (κ2) is 3.85. The molecule has 1 heterocycles. The zero-order valence-corrected chi connectivity index (χ0v) is 11.5. The summed E-state index contributed by atoms with van der Waals surface area (Å²) in [7, 11) is 0. The summed E-state index contributed by atoms with van der Waals surface area (Å²) in [5, 5.41) is 10.9. The van der Waals surface area contributed by atoms with E-state index < -0.39 is 5.60 Å². The van der Waals surface area contributed by atoms with E-state index in [-0.39, 0.29) is 5.41 Å². The fourth-order valence-corrected chi connectivity index (χ4v) is 4.36. The minimum atomic E-state index is -0.583. The van der Waals surface area contributed by atoms with Crippen LogP contribution in [0.1, 0.15) is 49.8 Å². The van der Waals surface area contributed by atoms with Gasteiger partial charge in [-0.1, -0.05) is 20.8 Å². The van der Waals surface area contributed by atoms with Crippen molar-refractivity contribution in [3.63, 3.8) is 0 Å². The molecule has 1 aromatic heterocycles. The fourth-order valence-electron chi connectivity index (χ4n) is 3.40. The van der Waals surface area contributed by atoms with Gasteiger partial charge in [0.25, 0.3) is 0 Å². The first-order chi connectivity index (χ1) is 7.31. The van der Waals surface area contributed by atoms with Crippen molar-refractivity contribution < 1.29 is 5.11 Å². The van der Waals surface area contributed by atoms with Crippen LogP contribution in [0.25, 0.3) is 0 Å². The number of rotatable bonds is 1. The number of aryl methyl sites for hydroxylation is 1. The molecule has 1 N–H and O–H groups in total. The summed E-state index contributed by atoms with van der Waals surface area (Å²) >= 11 is 1.75. The molecule has 0 amide bonds. The summed E-state index contributed by atoms with van der Waals surface area (Å²) in [6, 6.07) is 4.22. The average molecular weight is 238 g/mol. The third kappa shape index (κ3) is 2.33. The van der Waals surface area contributed by atoms with Crippen LogP contribution in [0.2, 0.25) is 0 Å². The number of hydrogen-bond acceptors (Lipinski definition) is 2. The molecular weight excluding hydrogens is 216 g/mol. The molecule has 1 nitrogen and oxygen atoms in total. The summed E-state index contributed by atoms with van der Waals surface area (Å²) in [6.07, 6.45) is 3.03. The molecule has 0 saturated heterocycles. The van der Waals surface area contributed by atoms with Gasteiger partial charge in [-0.3, -0.25) is 0 Å². The molecule has 0 spiro atoms. The molecule has 16 heavy (non-hydrogen) atoms. The molecule has 2 rings (SSSR count). The zero-order chi connectivity index (χ0) is 12.0. The van der Waals surface area contributed by atoms with Crippen LogP contribution >= 0.6 is 11.3 Å². The van der Waals surface area contributed by atoms with E-state index in [0.717, 1.165) is 17.7 Å². The predicted molar refractivity (Wildman–Crippen MR) is 69.7 cm³/mol. The van der Waals surface area contributed by atoms with E-state index in [1.807, 2.05) is 0 Å². The average Bonchev–Trinajstić information content (AvgIpc) is 2.47. The maximum Gasteiger partial charge on any atom is 0.0995 e. The SMILES string of the molecule is Cc1ccc(C2(O)CC(C)CC(C)(C)C2)s1. The topological polar surface area (TPSA) is 20.2 Å². The molecule has 1 aliphatic carbocycles. The van der Waals surface area contributed by atoms with E-state index in [2.05, 4.69) is 39.8 Å². The first kappa shape index (κ1) is 12.1. The molecule has 0 radical (unpaired) electrons. The Kier molecular flexibility index (Phi) is 2.92. The molecule has 1 aromatic rings. The van der Waals surface area contributed by atoms with Gasteiger partial charge in [0.2, 0.25) is 0 Å². The normalized spacial score (nSPS) is 33.9. The first-order valence-corrected chi connectivity index (χ1v) is 6.92. The number of aliphatic hydroxyl groups is 1. The van der Waals surface area contributed by atoms with Gasteiger partial charge in [0.15, 0.2) is 0 Å². The van der Waals surface area contributed by atoms with Gasteiger partial charge in [-0.25, -0.2) is 0 Å². The predicted octanol–water partition coefficient (Wildman–Crippen LogP) is 4.09. The smallest absolute Gasteiger partial charge is 0.0995 e. The van der Waals surface area contributed by atoms with Crippen molar-refractivity contribution in [3.05, 3.63) is 21.9 Å². The van der Waals surface area contributed by atoms with Crippen LogP contribution < -0.4 is 0 Å². The fraction of sp³-hybridized carbons (Fsp3) is 0.714. The quantitative estimate of drug-likeness (QED) is 0.781. The second-order valence-corrected chi connectivity index (χ2v) is 7.58. The second-order valence-electron chi connectivity index (χ2n) is 6.30. The van der Waals surface area contributed by atoms with Crippen LogP contribution in [0.5, 0.6) is 0 Å². The molecule has 90 valence electrons. The molecule has 1 fully saturated rings. The summed E-state index contributed by atoms with van der Waals surface area (Å²) in [6.45, 7) is 8.91. The minimum Gasteiger partial charge on any atom is -0.384 e. The van der Waals surface area contributed by atoms with Crippen LogP contribution in [0, 0.1) is 18.3 Å². The maximum atomic E-state index is 10.9. The lowest BCUT2D eigenvalue weighted by molar-refractivity contribution is -0.0608. The maximum absolute atomic E-state index is 10.9. The van der Waals surface area contributed by atoms with Gasteiger partial charge in [0.1, 0.15) is 0 Å². The van der Waals surface area contributed by atoms with Gasteiger partial charge >= 0.3 is 0 Å². The van der Waals surface area contributed by atoms with E-state index in [4.69, 9.17) is 0 Å². The van der Waals surface area contributed by atoms with Crippen LogP contribution in [0.3, 0.4) is 0 Å². The molecule has 2 atom stereocenters. The monoisotopic (exact) mass is 238 g/mol. The molecule has 0 aliphatic heterocycles. The van der Waals surface area contributed by atoms with E-state index in [1.165, 1.54) is 11.3 Å². The lowest BCUT2D eigenvalue weighted by Crippen LogP contribution is -2.39. The molecule has 0 aromatic carbocycles. The molecular formula is C14H22OS. The van der Waals surface area contributed by atoms with E-state index in [9.17, 15) is 5.11 Å². The van der Waals surface area contributed by atoms with Crippen LogP contribution in [-0.2, 0) is 5.60 Å². The lowest BCUT2D eigenvalue weighted by atomic mass is 9.65. The van der Waals surface area contributed by atoms with E-state index in [0.29, 0.717) is 5.92 Å². The Hall–Kier alpha value is -0.340. The summed E-state index contributed by atoms with van der Waals surface area (Å²) < 4.78 is 0. The Labute approximate surface area is 103 Å². The molecule has 1 saturated carbocycles. The van der Waals surface area contributed by atoms with Crippen LogP contribution in [0.15, 0.2) is 12.1 Å². The third-order valence-electron chi connectivity index (χ3n) is 3.56. The Balaban J connectivity index is 2.30. The zero-order valence-electron chi connectivity index (χ0n) is 10.7. The van der Waals surface area contributed by atoms with Crippen LogP contribution in [-0.4, -0.2) is 5.11 Å². The van der Waals surface area contributed by atoms with E-state index >= 15 is 0 Å². The highest BCUT2D eigenvalue weighted by Crippen LogP contribution is 2.49. The standard InChI is InChI=1S/C14H22OS/c1-10-7-13(3,4)9-14(15,8-10)12-6-5-11(2)16-12/h5-6,10,15H,7-9H2,1-4H3. The van der Waals surface area contributed by atoms with Gasteiger partial charge in [0.05, 0.1) is 5.60 Å². The number of hydrogen-bond donors (Lipinski definition) is 1. The Bertz CT molecular complexity index is 380. The Morgan fingerprint density at radius 1 is 1.31 bits per heavy atom. The molecule has 0 bridgehead atoms. The highest BCUT2D eigenvalue weighted by molar-refractivity contribution is 7.12. The highest BCUT2D eigenvalue weighted by Gasteiger charge is 2.43. The van der Waals surface area contributed by atoms with Crippen molar-refractivity contribution in [2.24, 2.45) is 11.3 Å². The summed E-state index contributed by atoms with van der Waals surface area (Å²) in [5.74, 6) is 0.608. The molecule has 2 heteroatoms. The minimum absolute atomic E-state index is 0.254. The van der Waals surface area contributed by atoms with Crippen molar-refractivity contribution in [2.75, 3.05) is 0 Å². The third-order valence-corrected chi connectivity index (χ3v) is 4.75. The van der Waals surface area contributed by atoms with Gasteiger partial charge in [-0.05, 0) is 49.7 Å². The largest absolute Gasteiger partial charge is 0.384 e. The molecule has 2 unspecified atom stereocenters. The summed E-state index contributed by atoms with van der Waals surface area (Å²) in [5.41, 5.74) is -0.329. The first-order valence-electron chi connectivity index (χ1n) is 6.10. The lowest BCUT2D eigenvalue weighted by Gasteiger charge is -2.44. The van der Waals surface area contributed by atoms with Crippen LogP contribution in [0.4, 0.5) is 0 Å². The Morgan fingerprint density at radius 2 is 2.00 bits per heavy atom. The van der Waals surface area contributed by atoms with Gasteiger partial charge in [-0.15, -0.1) is 11.3 Å². The molecule has 1 aliphatic rings. The van der Waals surface area contributed by atoms with Gasteiger partial charge < -0.3 is 5.11 Å². The number of thiophene rings is 1. The van der Waals surface area contributed by atoms with Crippen molar-refractivity contribution in [2.45, 2.75) is 52.6 Å². The van der Waals surface area contributed by atoms with Crippen molar-refractivity contribution in [1.82, 2.24) is 0 Å². The van der Waals surface area contributed by atoms with Crippen molar-refractivity contribution in [1.29, 1.82) is 0 Å². The van der Waals surface area contributed by atoms with Gasteiger partial charge in [-0.2, -0.15) is 0 Å².